The summed E-state index contributed by atoms with van der Waals surface area (Å²) in [7, 11) is 3.16. The first-order valence-electron chi connectivity index (χ1n) is 7.27. The lowest BCUT2D eigenvalue weighted by atomic mass is 10.0. The molecule has 1 amide bonds. The maximum absolute atomic E-state index is 12.4. The molecule has 21 heavy (non-hydrogen) atoms. The number of hydrogen-bond acceptors (Lipinski definition) is 3. The van der Waals surface area contributed by atoms with Crippen LogP contribution < -0.4 is 14.8 Å². The Hall–Kier alpha value is -1.97. The lowest BCUT2D eigenvalue weighted by Gasteiger charge is -2.17. The first kappa shape index (κ1) is 17.1. The highest BCUT2D eigenvalue weighted by atomic mass is 16.5. The van der Waals surface area contributed by atoms with Crippen LogP contribution in [0.3, 0.4) is 0 Å². The maximum Gasteiger partial charge on any atom is 0.251 e. The van der Waals surface area contributed by atoms with Gasteiger partial charge in [0.1, 0.15) is 0 Å². The molecule has 0 aliphatic heterocycles. The van der Waals surface area contributed by atoms with E-state index in [1.807, 2.05) is 6.07 Å². The van der Waals surface area contributed by atoms with Gasteiger partial charge in [0.25, 0.3) is 5.91 Å². The number of ether oxygens (including phenoxy) is 2. The highest BCUT2D eigenvalue weighted by Gasteiger charge is 2.17. The average molecular weight is 291 g/mol. The summed E-state index contributed by atoms with van der Waals surface area (Å²) >= 11 is 0. The predicted molar refractivity (Wildman–Crippen MR) is 85.3 cm³/mol. The number of benzene rings is 1. The van der Waals surface area contributed by atoms with E-state index in [1.165, 1.54) is 0 Å². The molecule has 0 bridgehead atoms. The Morgan fingerprint density at radius 2 is 1.95 bits per heavy atom. The number of amides is 1. The van der Waals surface area contributed by atoms with Crippen LogP contribution in [0.5, 0.6) is 11.5 Å². The summed E-state index contributed by atoms with van der Waals surface area (Å²) < 4.78 is 10.7. The minimum atomic E-state index is -0.0880. The van der Waals surface area contributed by atoms with Gasteiger partial charge in [-0.1, -0.05) is 19.9 Å². The van der Waals surface area contributed by atoms with Gasteiger partial charge in [0, 0.05) is 17.2 Å². The van der Waals surface area contributed by atoms with Crippen LogP contribution in [0.25, 0.3) is 0 Å². The van der Waals surface area contributed by atoms with Gasteiger partial charge in [0.05, 0.1) is 14.2 Å². The minimum absolute atomic E-state index is 0.0880. The second kappa shape index (κ2) is 8.35. The SMILES string of the molecule is C=CCc1cc(C(=O)NC(CC)CC)cc(OC)c1OC. The summed E-state index contributed by atoms with van der Waals surface area (Å²) in [5, 5.41) is 3.03. The third-order valence-electron chi connectivity index (χ3n) is 3.50. The molecule has 1 aromatic rings. The van der Waals surface area contributed by atoms with Gasteiger partial charge in [-0.2, -0.15) is 0 Å². The lowest BCUT2D eigenvalue weighted by Crippen LogP contribution is -2.33. The number of carbonyl (C=O) groups is 1. The molecule has 0 aliphatic rings. The van der Waals surface area contributed by atoms with Crippen molar-refractivity contribution >= 4 is 5.91 Å². The maximum atomic E-state index is 12.4. The van der Waals surface area contributed by atoms with E-state index in [0.717, 1.165) is 18.4 Å². The van der Waals surface area contributed by atoms with Crippen LogP contribution in [0, 0.1) is 0 Å². The number of carbonyl (C=O) groups excluding carboxylic acids is 1. The Kier molecular flexibility index (Phi) is 6.79. The van der Waals surface area contributed by atoms with Crippen LogP contribution in [0.15, 0.2) is 24.8 Å². The smallest absolute Gasteiger partial charge is 0.251 e. The molecule has 0 fully saturated rings. The molecule has 116 valence electrons. The van der Waals surface area contributed by atoms with Gasteiger partial charge < -0.3 is 14.8 Å². The highest BCUT2D eigenvalue weighted by Crippen LogP contribution is 2.33. The van der Waals surface area contributed by atoms with E-state index in [2.05, 4.69) is 25.7 Å². The van der Waals surface area contributed by atoms with Crippen molar-refractivity contribution in [3.63, 3.8) is 0 Å². The molecule has 0 aromatic heterocycles. The van der Waals surface area contributed by atoms with E-state index in [0.29, 0.717) is 23.5 Å². The predicted octanol–water partition coefficient (Wildman–Crippen LogP) is 3.35. The normalized spacial score (nSPS) is 10.3. The van der Waals surface area contributed by atoms with Crippen LogP contribution in [0.1, 0.15) is 42.6 Å². The summed E-state index contributed by atoms with van der Waals surface area (Å²) in [5.74, 6) is 1.12. The zero-order valence-corrected chi connectivity index (χ0v) is 13.4. The Balaban J connectivity index is 3.15. The van der Waals surface area contributed by atoms with Crippen molar-refractivity contribution in [3.8, 4) is 11.5 Å². The molecule has 0 aliphatic carbocycles. The van der Waals surface area contributed by atoms with Crippen LogP contribution >= 0.6 is 0 Å². The first-order chi connectivity index (χ1) is 10.1. The number of methoxy groups -OCH3 is 2. The molecule has 0 atom stereocenters. The van der Waals surface area contributed by atoms with Crippen molar-refractivity contribution in [2.24, 2.45) is 0 Å². The van der Waals surface area contributed by atoms with E-state index in [4.69, 9.17) is 9.47 Å². The van der Waals surface area contributed by atoms with Gasteiger partial charge in [-0.15, -0.1) is 6.58 Å². The van der Waals surface area contributed by atoms with Crippen molar-refractivity contribution in [3.05, 3.63) is 35.9 Å². The van der Waals surface area contributed by atoms with Crippen LogP contribution in [-0.2, 0) is 6.42 Å². The van der Waals surface area contributed by atoms with E-state index < -0.39 is 0 Å². The quantitative estimate of drug-likeness (QED) is 0.747. The van der Waals surface area contributed by atoms with Crippen LogP contribution in [0.2, 0.25) is 0 Å². The Morgan fingerprint density at radius 3 is 2.43 bits per heavy atom. The van der Waals surface area contributed by atoms with Crippen molar-refractivity contribution < 1.29 is 14.3 Å². The molecule has 1 N–H and O–H groups in total. The standard InChI is InChI=1S/C17H25NO3/c1-6-9-12-10-13(11-15(20-4)16(12)21-5)17(19)18-14(7-2)8-3/h6,10-11,14H,1,7-9H2,2-5H3,(H,18,19). The summed E-state index contributed by atoms with van der Waals surface area (Å²) in [6.07, 6.45) is 4.22. The van der Waals surface area contributed by atoms with E-state index in [-0.39, 0.29) is 11.9 Å². The Morgan fingerprint density at radius 1 is 1.29 bits per heavy atom. The molecule has 1 aromatic carbocycles. The second-order valence-electron chi connectivity index (χ2n) is 4.85. The lowest BCUT2D eigenvalue weighted by molar-refractivity contribution is 0.0934. The molecule has 0 radical (unpaired) electrons. The molecule has 0 saturated heterocycles. The van der Waals surface area contributed by atoms with Gasteiger partial charge in [0.2, 0.25) is 0 Å². The summed E-state index contributed by atoms with van der Waals surface area (Å²) in [6, 6.07) is 3.73. The third kappa shape index (κ3) is 4.25. The molecular formula is C17H25NO3. The zero-order chi connectivity index (χ0) is 15.8. The molecule has 0 spiro atoms. The molecule has 0 heterocycles. The zero-order valence-electron chi connectivity index (χ0n) is 13.4. The van der Waals surface area contributed by atoms with Crippen molar-refractivity contribution in [2.75, 3.05) is 14.2 Å². The first-order valence-corrected chi connectivity index (χ1v) is 7.27. The summed E-state index contributed by atoms with van der Waals surface area (Å²) in [6.45, 7) is 7.86. The topological polar surface area (TPSA) is 47.6 Å². The summed E-state index contributed by atoms with van der Waals surface area (Å²) in [5.41, 5.74) is 1.47. The number of rotatable bonds is 8. The molecule has 4 nitrogen and oxygen atoms in total. The van der Waals surface area contributed by atoms with E-state index in [9.17, 15) is 4.79 Å². The second-order valence-corrected chi connectivity index (χ2v) is 4.85. The van der Waals surface area contributed by atoms with E-state index >= 15 is 0 Å². The van der Waals surface area contributed by atoms with Gasteiger partial charge >= 0.3 is 0 Å². The van der Waals surface area contributed by atoms with E-state index in [1.54, 1.807) is 26.4 Å². The fourth-order valence-electron chi connectivity index (χ4n) is 2.24. The number of hydrogen-bond donors (Lipinski definition) is 1. The van der Waals surface area contributed by atoms with Gasteiger partial charge in [0.15, 0.2) is 11.5 Å². The molecule has 4 heteroatoms. The van der Waals surface area contributed by atoms with Gasteiger partial charge in [-0.3, -0.25) is 4.79 Å². The van der Waals surface area contributed by atoms with Gasteiger partial charge in [-0.25, -0.2) is 0 Å². The largest absolute Gasteiger partial charge is 0.493 e. The fraction of sp³-hybridized carbons (Fsp3) is 0.471. The number of allylic oxidation sites excluding steroid dienone is 1. The van der Waals surface area contributed by atoms with Crippen molar-refractivity contribution in [1.29, 1.82) is 0 Å². The van der Waals surface area contributed by atoms with Crippen molar-refractivity contribution in [1.82, 2.24) is 5.32 Å². The van der Waals surface area contributed by atoms with Crippen LogP contribution in [0.4, 0.5) is 0 Å². The summed E-state index contributed by atoms with van der Waals surface area (Å²) in [4.78, 5) is 12.4. The monoisotopic (exact) mass is 291 g/mol. The molecule has 0 unspecified atom stereocenters. The molecule has 0 saturated carbocycles. The molecule has 1 rings (SSSR count). The van der Waals surface area contributed by atoms with Gasteiger partial charge in [-0.05, 0) is 31.4 Å². The Labute approximate surface area is 127 Å². The number of nitrogens with one attached hydrogen (secondary N) is 1. The Bertz CT molecular complexity index is 493. The molecular weight excluding hydrogens is 266 g/mol. The highest BCUT2D eigenvalue weighted by molar-refractivity contribution is 5.95. The fourth-order valence-corrected chi connectivity index (χ4v) is 2.24. The van der Waals surface area contributed by atoms with Crippen molar-refractivity contribution in [2.45, 2.75) is 39.2 Å². The average Bonchev–Trinajstić information content (AvgIpc) is 2.51. The minimum Gasteiger partial charge on any atom is -0.493 e. The third-order valence-corrected chi connectivity index (χ3v) is 3.50. The van der Waals surface area contributed by atoms with Crippen LogP contribution in [-0.4, -0.2) is 26.2 Å².